The first-order valence-corrected chi connectivity index (χ1v) is 7.29. The highest BCUT2D eigenvalue weighted by Crippen LogP contribution is 2.18. The fraction of sp³-hybridized carbons (Fsp3) is 0.500. The SMILES string of the molecule is CNC(=O)C1CCN(C(=O)COc2ccc(C)cc2)CC1. The lowest BCUT2D eigenvalue weighted by Crippen LogP contribution is -2.44. The van der Waals surface area contributed by atoms with E-state index in [1.54, 1.807) is 11.9 Å². The summed E-state index contributed by atoms with van der Waals surface area (Å²) >= 11 is 0. The molecule has 0 saturated carbocycles. The van der Waals surface area contributed by atoms with Crippen LogP contribution in [0.2, 0.25) is 0 Å². The Morgan fingerprint density at radius 2 is 1.86 bits per heavy atom. The molecule has 0 atom stereocenters. The first-order chi connectivity index (χ1) is 10.1. The molecule has 5 heteroatoms. The molecule has 0 radical (unpaired) electrons. The van der Waals surface area contributed by atoms with Gasteiger partial charge in [0.15, 0.2) is 6.61 Å². The van der Waals surface area contributed by atoms with Gasteiger partial charge in [-0.1, -0.05) is 17.7 Å². The molecular weight excluding hydrogens is 268 g/mol. The number of hydrogen-bond acceptors (Lipinski definition) is 3. The first kappa shape index (κ1) is 15.4. The summed E-state index contributed by atoms with van der Waals surface area (Å²) < 4.78 is 5.50. The molecule has 0 unspecified atom stereocenters. The largest absolute Gasteiger partial charge is 0.484 e. The molecule has 0 spiro atoms. The van der Waals surface area contributed by atoms with Crippen molar-refractivity contribution in [3.8, 4) is 5.75 Å². The van der Waals surface area contributed by atoms with E-state index in [1.807, 2.05) is 31.2 Å². The maximum atomic E-state index is 12.1. The Balaban J connectivity index is 1.77. The summed E-state index contributed by atoms with van der Waals surface area (Å²) in [5, 5.41) is 2.66. The minimum atomic E-state index is -0.0223. The lowest BCUT2D eigenvalue weighted by molar-refractivity contribution is -0.137. The van der Waals surface area contributed by atoms with Gasteiger partial charge in [0.2, 0.25) is 5.91 Å². The third-order valence-electron chi connectivity index (χ3n) is 3.85. The highest BCUT2D eigenvalue weighted by atomic mass is 16.5. The number of ether oxygens (including phenoxy) is 1. The van der Waals surface area contributed by atoms with Gasteiger partial charge in [0.05, 0.1) is 0 Å². The lowest BCUT2D eigenvalue weighted by atomic mass is 9.96. The molecule has 1 heterocycles. The van der Waals surface area contributed by atoms with E-state index in [4.69, 9.17) is 4.74 Å². The maximum Gasteiger partial charge on any atom is 0.260 e. The Hall–Kier alpha value is -2.04. The maximum absolute atomic E-state index is 12.1. The van der Waals surface area contributed by atoms with Crippen molar-refractivity contribution >= 4 is 11.8 Å². The molecule has 5 nitrogen and oxygen atoms in total. The van der Waals surface area contributed by atoms with Crippen molar-refractivity contribution in [1.82, 2.24) is 10.2 Å². The molecular formula is C16H22N2O3. The van der Waals surface area contributed by atoms with Gasteiger partial charge in [0.25, 0.3) is 5.91 Å². The van der Waals surface area contributed by atoms with E-state index in [0.29, 0.717) is 18.8 Å². The molecule has 1 aromatic carbocycles. The van der Waals surface area contributed by atoms with Crippen molar-refractivity contribution < 1.29 is 14.3 Å². The minimum Gasteiger partial charge on any atom is -0.484 e. The number of nitrogens with one attached hydrogen (secondary N) is 1. The lowest BCUT2D eigenvalue weighted by Gasteiger charge is -2.31. The second kappa shape index (κ2) is 7.11. The number of carbonyl (C=O) groups is 2. The molecule has 0 aliphatic carbocycles. The number of benzene rings is 1. The number of hydrogen-bond donors (Lipinski definition) is 1. The van der Waals surface area contributed by atoms with E-state index < -0.39 is 0 Å². The van der Waals surface area contributed by atoms with Crippen LogP contribution in [0.1, 0.15) is 18.4 Å². The number of rotatable bonds is 4. The van der Waals surface area contributed by atoms with Crippen molar-refractivity contribution in [3.05, 3.63) is 29.8 Å². The fourth-order valence-electron chi connectivity index (χ4n) is 2.47. The van der Waals surface area contributed by atoms with E-state index in [-0.39, 0.29) is 24.3 Å². The van der Waals surface area contributed by atoms with Crippen LogP contribution in [0.4, 0.5) is 0 Å². The normalized spacial score (nSPS) is 15.6. The number of likely N-dealkylation sites (tertiary alicyclic amines) is 1. The molecule has 0 aromatic heterocycles. The molecule has 0 bridgehead atoms. The van der Waals surface area contributed by atoms with Crippen LogP contribution in [0.25, 0.3) is 0 Å². The quantitative estimate of drug-likeness (QED) is 0.911. The monoisotopic (exact) mass is 290 g/mol. The highest BCUT2D eigenvalue weighted by molar-refractivity contribution is 5.80. The van der Waals surface area contributed by atoms with E-state index >= 15 is 0 Å². The topological polar surface area (TPSA) is 58.6 Å². The first-order valence-electron chi connectivity index (χ1n) is 7.29. The van der Waals surface area contributed by atoms with Gasteiger partial charge >= 0.3 is 0 Å². The van der Waals surface area contributed by atoms with Crippen LogP contribution in [-0.4, -0.2) is 43.5 Å². The minimum absolute atomic E-state index is 0.0223. The summed E-state index contributed by atoms with van der Waals surface area (Å²) in [6.07, 6.45) is 1.44. The Morgan fingerprint density at radius 1 is 1.24 bits per heavy atom. The molecule has 1 saturated heterocycles. The second-order valence-corrected chi connectivity index (χ2v) is 5.37. The van der Waals surface area contributed by atoms with Gasteiger partial charge in [0.1, 0.15) is 5.75 Å². The summed E-state index contributed by atoms with van der Waals surface area (Å²) in [7, 11) is 1.65. The second-order valence-electron chi connectivity index (χ2n) is 5.37. The standard InChI is InChI=1S/C16H22N2O3/c1-12-3-5-14(6-4-12)21-11-15(19)18-9-7-13(8-10-18)16(20)17-2/h3-6,13H,7-11H2,1-2H3,(H,17,20). The van der Waals surface area contributed by atoms with Crippen molar-refractivity contribution in [1.29, 1.82) is 0 Å². The highest BCUT2D eigenvalue weighted by Gasteiger charge is 2.26. The van der Waals surface area contributed by atoms with Crippen LogP contribution >= 0.6 is 0 Å². The Kier molecular flexibility index (Phi) is 5.20. The zero-order chi connectivity index (χ0) is 15.2. The molecule has 2 amide bonds. The zero-order valence-corrected chi connectivity index (χ0v) is 12.6. The molecule has 1 N–H and O–H groups in total. The predicted molar refractivity (Wildman–Crippen MR) is 80.0 cm³/mol. The average molecular weight is 290 g/mol. The average Bonchev–Trinajstić information content (AvgIpc) is 2.53. The number of amides is 2. The Bertz CT molecular complexity index is 491. The van der Waals surface area contributed by atoms with E-state index in [9.17, 15) is 9.59 Å². The summed E-state index contributed by atoms with van der Waals surface area (Å²) in [6, 6.07) is 7.63. The van der Waals surface area contributed by atoms with Crippen molar-refractivity contribution in [2.45, 2.75) is 19.8 Å². The summed E-state index contributed by atoms with van der Waals surface area (Å²) in [6.45, 7) is 3.29. The van der Waals surface area contributed by atoms with E-state index in [2.05, 4.69) is 5.32 Å². The fourth-order valence-corrected chi connectivity index (χ4v) is 2.47. The number of piperidine rings is 1. The molecule has 1 aliphatic rings. The molecule has 1 aromatic rings. The van der Waals surface area contributed by atoms with Gasteiger partial charge in [-0.3, -0.25) is 9.59 Å². The van der Waals surface area contributed by atoms with Crippen LogP contribution in [0, 0.1) is 12.8 Å². The third-order valence-corrected chi connectivity index (χ3v) is 3.85. The van der Waals surface area contributed by atoms with Crippen molar-refractivity contribution in [2.75, 3.05) is 26.7 Å². The molecule has 1 aliphatic heterocycles. The zero-order valence-electron chi connectivity index (χ0n) is 12.6. The Morgan fingerprint density at radius 3 is 2.43 bits per heavy atom. The van der Waals surface area contributed by atoms with Crippen LogP contribution < -0.4 is 10.1 Å². The van der Waals surface area contributed by atoms with Gasteiger partial charge in [-0.05, 0) is 31.9 Å². The molecule has 21 heavy (non-hydrogen) atoms. The van der Waals surface area contributed by atoms with Crippen molar-refractivity contribution in [2.24, 2.45) is 5.92 Å². The molecule has 114 valence electrons. The van der Waals surface area contributed by atoms with Gasteiger partial charge in [-0.25, -0.2) is 0 Å². The molecule has 1 fully saturated rings. The Labute approximate surface area is 125 Å². The predicted octanol–water partition coefficient (Wildman–Crippen LogP) is 1.36. The van der Waals surface area contributed by atoms with E-state index in [0.717, 1.165) is 18.4 Å². The summed E-state index contributed by atoms with van der Waals surface area (Å²) in [4.78, 5) is 25.4. The van der Waals surface area contributed by atoms with Gasteiger partial charge < -0.3 is 15.0 Å². The van der Waals surface area contributed by atoms with Crippen LogP contribution in [0.3, 0.4) is 0 Å². The van der Waals surface area contributed by atoms with Crippen LogP contribution in [0.15, 0.2) is 24.3 Å². The van der Waals surface area contributed by atoms with Gasteiger partial charge in [-0.2, -0.15) is 0 Å². The number of aryl methyl sites for hydroxylation is 1. The van der Waals surface area contributed by atoms with E-state index in [1.165, 1.54) is 0 Å². The number of nitrogens with zero attached hydrogens (tertiary/aromatic N) is 1. The van der Waals surface area contributed by atoms with Gasteiger partial charge in [0, 0.05) is 26.1 Å². The number of carbonyl (C=O) groups excluding carboxylic acids is 2. The molecule has 2 rings (SSSR count). The van der Waals surface area contributed by atoms with Crippen LogP contribution in [-0.2, 0) is 9.59 Å². The summed E-state index contributed by atoms with van der Waals surface area (Å²) in [5.74, 6) is 0.773. The third kappa shape index (κ3) is 4.21. The summed E-state index contributed by atoms with van der Waals surface area (Å²) in [5.41, 5.74) is 1.16. The van der Waals surface area contributed by atoms with Crippen LogP contribution in [0.5, 0.6) is 5.75 Å². The van der Waals surface area contributed by atoms with Gasteiger partial charge in [-0.15, -0.1) is 0 Å². The van der Waals surface area contributed by atoms with Crippen molar-refractivity contribution in [3.63, 3.8) is 0 Å². The smallest absolute Gasteiger partial charge is 0.260 e.